The number of amides is 2. The number of benzene rings is 1. The quantitative estimate of drug-likeness (QED) is 0.0521. The average molecular weight is 1030 g/mol. The molecule has 3 fully saturated rings. The number of carbonyl (C=O) groups excluding carboxylic acids is 2. The van der Waals surface area contributed by atoms with Gasteiger partial charge in [-0.15, -0.1) is 0 Å². The highest BCUT2D eigenvalue weighted by Crippen LogP contribution is 2.61. The van der Waals surface area contributed by atoms with Gasteiger partial charge >= 0.3 is 15.6 Å². The Morgan fingerprint density at radius 1 is 0.857 bits per heavy atom. The molecule has 3 saturated heterocycles. The van der Waals surface area contributed by atoms with E-state index in [-0.39, 0.29) is 38.7 Å². The van der Waals surface area contributed by atoms with Crippen LogP contribution in [-0.2, 0) is 41.6 Å². The fourth-order valence-corrected chi connectivity index (χ4v) is 11.1. The van der Waals surface area contributed by atoms with Crippen LogP contribution in [0, 0.1) is 4.64 Å². The van der Waals surface area contributed by atoms with Crippen LogP contribution in [0.3, 0.4) is 0 Å². The number of hydrogen-bond donors (Lipinski definition) is 8. The number of aliphatic hydroxyl groups is 4. The van der Waals surface area contributed by atoms with Crippen molar-refractivity contribution in [3.05, 3.63) is 89.8 Å². The number of carbonyl (C=O) groups is 2. The molecule has 12 unspecified atom stereocenters. The van der Waals surface area contributed by atoms with Gasteiger partial charge in [0.2, 0.25) is 11.8 Å². The highest BCUT2D eigenvalue weighted by molar-refractivity contribution is 7.71. The lowest BCUT2D eigenvalue weighted by Gasteiger charge is -2.31. The molecule has 374 valence electrons. The average Bonchev–Trinajstić information content (AvgIpc) is 4.04. The Morgan fingerprint density at radius 2 is 1.50 bits per heavy atom. The summed E-state index contributed by atoms with van der Waals surface area (Å²) in [5.41, 5.74) is 12.9. The fourth-order valence-electron chi connectivity index (χ4n) is 8.73. The summed E-state index contributed by atoms with van der Waals surface area (Å²) in [7, 11) is -11.0. The maximum Gasteiger partial charge on any atom is 0.481 e. The van der Waals surface area contributed by atoms with Crippen LogP contribution >= 0.6 is 27.9 Å². The Bertz CT molecular complexity index is 2990. The van der Waals surface area contributed by atoms with Gasteiger partial charge < -0.3 is 65.5 Å². The number of hydrogen-bond acceptors (Lipinski definition) is 21. The third-order valence-corrected chi connectivity index (χ3v) is 15.3. The van der Waals surface area contributed by atoms with E-state index in [1.165, 1.54) is 45.3 Å². The highest BCUT2D eigenvalue weighted by atomic mass is 32.1. The molecule has 0 radical (unpaired) electrons. The minimum Gasteiger partial charge on any atom is -0.387 e. The second-order valence-electron chi connectivity index (χ2n) is 16.8. The molecule has 0 bridgehead atoms. The minimum absolute atomic E-state index is 0.0350. The molecule has 70 heavy (non-hydrogen) atoms. The van der Waals surface area contributed by atoms with Gasteiger partial charge in [0.05, 0.1) is 36.8 Å². The van der Waals surface area contributed by atoms with E-state index in [2.05, 4.69) is 29.3 Å². The fraction of sp³-hybridized carbons (Fsp3) is 0.450. The Labute approximate surface area is 401 Å². The van der Waals surface area contributed by atoms with Crippen molar-refractivity contribution in [2.45, 2.75) is 86.8 Å². The Morgan fingerprint density at radius 3 is 2.16 bits per heavy atom. The molecule has 27 nitrogen and oxygen atoms in total. The number of nitrogens with two attached hydrogens (primary N) is 2. The summed E-state index contributed by atoms with van der Waals surface area (Å²) in [6, 6.07) is 7.51. The number of primary amides is 1. The number of phosphoric acid groups is 2. The van der Waals surface area contributed by atoms with Gasteiger partial charge in [0.25, 0.3) is 0 Å². The van der Waals surface area contributed by atoms with Crippen molar-refractivity contribution >= 4 is 67.7 Å². The van der Waals surface area contributed by atoms with E-state index in [1.807, 2.05) is 35.2 Å². The lowest BCUT2D eigenvalue weighted by atomic mass is 10.0. The lowest BCUT2D eigenvalue weighted by Crippen LogP contribution is -2.41. The number of nitrogens with zero attached hydrogens (tertiary/aromatic N) is 10. The molecule has 10 N–H and O–H groups in total. The number of phosphoric ester groups is 2. The maximum atomic E-state index is 14.2. The molecule has 0 saturated carbocycles. The largest absolute Gasteiger partial charge is 0.481 e. The number of imidazole rings is 1. The van der Waals surface area contributed by atoms with Gasteiger partial charge in [-0.2, -0.15) is 9.41 Å². The van der Waals surface area contributed by atoms with Gasteiger partial charge in [-0.05, 0) is 24.5 Å². The summed E-state index contributed by atoms with van der Waals surface area (Å²) in [4.78, 5) is 67.4. The molecule has 4 aliphatic rings. The van der Waals surface area contributed by atoms with Crippen LogP contribution in [0.25, 0.3) is 22.2 Å². The summed E-state index contributed by atoms with van der Waals surface area (Å²) in [5, 5.41) is 48.2. The van der Waals surface area contributed by atoms with Crippen LogP contribution in [-0.4, -0.2) is 160 Å². The standard InChI is InChI=1S/C40H48N12O15P2S/c41-33-27-36(44-18-43-33)51(19-45-27)39-32(56)30(54)26(66-39)17-64-69(61,62)67-68(59,60)63-16-25-29(53)31(55)38(65-25)49-13-10-24(22(14-49)34(42)57)52-15-23-35(47-52)46-20-50(40(23)70)28(21-8-4-3-5-9-21)37(58)48-11-6-1-2-7-12-48/h3-5,8-10,13-15,18-20,24-26,28-32,38-39,53-56H,1-2,6-7,11-12,16-17H2,(H2,42,57)(H,59,60)(H,61,62)(H2,41,43,44). The van der Waals surface area contributed by atoms with E-state index in [1.54, 1.807) is 10.8 Å². The summed E-state index contributed by atoms with van der Waals surface area (Å²) >= 11 is 5.96. The second-order valence-corrected chi connectivity index (χ2v) is 20.3. The van der Waals surface area contributed by atoms with Crippen molar-refractivity contribution in [3.8, 4) is 0 Å². The Hall–Kier alpha value is -5.42. The van der Waals surface area contributed by atoms with Crippen LogP contribution in [0.2, 0.25) is 0 Å². The van der Waals surface area contributed by atoms with Crippen LogP contribution in [0.5, 0.6) is 0 Å². The van der Waals surface area contributed by atoms with Crippen molar-refractivity contribution in [1.82, 2.24) is 48.7 Å². The number of nitrogen functional groups attached to an aromatic ring is 1. The summed E-state index contributed by atoms with van der Waals surface area (Å²) in [6.45, 7) is -0.668. The molecule has 9 rings (SSSR count). The smallest absolute Gasteiger partial charge is 0.387 e. The van der Waals surface area contributed by atoms with Gasteiger partial charge in [-0.1, -0.05) is 55.4 Å². The van der Waals surface area contributed by atoms with E-state index in [0.29, 0.717) is 18.5 Å². The molecule has 8 heterocycles. The SMILES string of the molecule is NC(=O)C1=CN(C2OC(COP(=O)(O)OP(=O)(O)OCC3OC(n4cnc5c(N)ncnc54)C(O)C3O)C(O)C2O)C=CC1n1cc2c(=S)n(C(C(=O)N3CCCCCC3)c3ccccc3)cnc2n1. The van der Waals surface area contributed by atoms with Crippen molar-refractivity contribution in [2.75, 3.05) is 32.0 Å². The van der Waals surface area contributed by atoms with Crippen LogP contribution in [0.15, 0.2) is 79.6 Å². The Balaban J connectivity index is 0.838. The van der Waals surface area contributed by atoms with Gasteiger partial charge in [0, 0.05) is 31.7 Å². The maximum absolute atomic E-state index is 14.2. The molecule has 0 aliphatic carbocycles. The van der Waals surface area contributed by atoms with Gasteiger partial charge in [0.15, 0.2) is 29.6 Å². The molecule has 4 aromatic heterocycles. The molecular weight excluding hydrogens is 983 g/mol. The van der Waals surface area contributed by atoms with Gasteiger partial charge in [0.1, 0.15) is 65.2 Å². The number of allylic oxidation sites excluding steroid dienone is 1. The molecule has 0 spiro atoms. The molecular formula is C40H48N12O15P2S. The van der Waals surface area contributed by atoms with Crippen molar-refractivity contribution in [3.63, 3.8) is 0 Å². The first kappa shape index (κ1) is 49.6. The van der Waals surface area contributed by atoms with E-state index >= 15 is 0 Å². The van der Waals surface area contributed by atoms with Crippen molar-refractivity contribution in [1.29, 1.82) is 0 Å². The number of ether oxygens (including phenoxy) is 2. The Kier molecular flexibility index (Phi) is 14.2. The number of anilines is 1. The highest BCUT2D eigenvalue weighted by Gasteiger charge is 2.49. The first-order chi connectivity index (χ1) is 33.4. The van der Waals surface area contributed by atoms with Gasteiger partial charge in [-0.3, -0.25) is 27.9 Å². The number of fused-ring (bicyclic) bond motifs is 2. The lowest BCUT2D eigenvalue weighted by molar-refractivity contribution is -0.133. The van der Waals surface area contributed by atoms with Crippen molar-refractivity contribution in [2.24, 2.45) is 5.73 Å². The first-order valence-electron chi connectivity index (χ1n) is 21.8. The summed E-state index contributed by atoms with van der Waals surface area (Å²) < 4.78 is 55.7. The van der Waals surface area contributed by atoms with E-state index in [4.69, 9.17) is 42.2 Å². The molecule has 4 aliphatic heterocycles. The predicted molar refractivity (Wildman–Crippen MR) is 242 cm³/mol. The number of aromatic nitrogens is 8. The normalized spacial score (nSPS) is 28.4. The van der Waals surface area contributed by atoms with Crippen LogP contribution < -0.4 is 11.5 Å². The van der Waals surface area contributed by atoms with E-state index in [9.17, 15) is 48.9 Å². The molecule has 2 amide bonds. The summed E-state index contributed by atoms with van der Waals surface area (Å²) in [5.74, 6) is -0.975. The number of likely N-dealkylation sites (tertiary alicyclic amines) is 1. The first-order valence-corrected chi connectivity index (χ1v) is 25.2. The number of rotatable bonds is 15. The van der Waals surface area contributed by atoms with Crippen molar-refractivity contribution < 1.29 is 71.8 Å². The van der Waals surface area contributed by atoms with E-state index in [0.717, 1.165) is 37.6 Å². The van der Waals surface area contributed by atoms with E-state index < -0.39 is 95.9 Å². The summed E-state index contributed by atoms with van der Waals surface area (Å²) in [6.07, 6.45) is 0.844. The zero-order valence-electron chi connectivity index (χ0n) is 36.6. The monoisotopic (exact) mass is 1030 g/mol. The zero-order valence-corrected chi connectivity index (χ0v) is 39.3. The molecule has 30 heteroatoms. The predicted octanol–water partition coefficient (Wildman–Crippen LogP) is 0.432. The number of aliphatic hydroxyl groups excluding tert-OH is 4. The molecule has 1 aromatic carbocycles. The topological polar surface area (TPSA) is 374 Å². The third kappa shape index (κ3) is 9.93. The molecule has 5 aromatic rings. The minimum atomic E-state index is -5.50. The third-order valence-electron chi connectivity index (χ3n) is 12.3. The second kappa shape index (κ2) is 20.0. The van der Waals surface area contributed by atoms with Crippen LogP contribution in [0.1, 0.15) is 49.6 Å². The van der Waals surface area contributed by atoms with Gasteiger partial charge in [-0.25, -0.2) is 29.1 Å². The van der Waals surface area contributed by atoms with Crippen LogP contribution in [0.4, 0.5) is 5.82 Å². The zero-order chi connectivity index (χ0) is 49.6. The molecule has 12 atom stereocenters.